The number of amides is 1. The molecule has 0 fully saturated rings. The molecule has 3 N–H and O–H groups in total. The number of H-pyrrole nitrogens is 1. The molecule has 0 aliphatic carbocycles. The summed E-state index contributed by atoms with van der Waals surface area (Å²) in [6.07, 6.45) is 0. The van der Waals surface area contributed by atoms with E-state index in [1.807, 2.05) is 13.8 Å². The van der Waals surface area contributed by atoms with E-state index >= 15 is 0 Å². The molecule has 1 heterocycles. The molecular formula is C14H19FN4O. The second-order valence-electron chi connectivity index (χ2n) is 5.25. The largest absolute Gasteiger partial charge is 0.354 e. The molecule has 0 radical (unpaired) electrons. The lowest BCUT2D eigenvalue weighted by Gasteiger charge is -2.14. The van der Waals surface area contributed by atoms with Crippen LogP contribution in [0.1, 0.15) is 20.8 Å². The van der Waals surface area contributed by atoms with E-state index in [9.17, 15) is 9.18 Å². The summed E-state index contributed by atoms with van der Waals surface area (Å²) < 4.78 is 13.1. The molecule has 0 spiro atoms. The van der Waals surface area contributed by atoms with Crippen molar-refractivity contribution in [2.45, 2.75) is 26.8 Å². The van der Waals surface area contributed by atoms with Crippen molar-refractivity contribution in [2.24, 2.45) is 5.92 Å². The number of imidazole rings is 1. The number of fused-ring (bicyclic) bond motifs is 1. The highest BCUT2D eigenvalue weighted by molar-refractivity contribution is 5.84. The lowest BCUT2D eigenvalue weighted by molar-refractivity contribution is -0.121. The average molecular weight is 278 g/mol. The first-order chi connectivity index (χ1) is 9.45. The molecule has 1 amide bonds. The van der Waals surface area contributed by atoms with Crippen molar-refractivity contribution in [3.8, 4) is 0 Å². The molecular weight excluding hydrogens is 259 g/mol. The number of rotatable bonds is 5. The molecule has 20 heavy (non-hydrogen) atoms. The van der Waals surface area contributed by atoms with Gasteiger partial charge in [-0.2, -0.15) is 0 Å². The van der Waals surface area contributed by atoms with Gasteiger partial charge in [0.1, 0.15) is 11.9 Å². The van der Waals surface area contributed by atoms with Gasteiger partial charge in [-0.05, 0) is 31.0 Å². The molecule has 6 heteroatoms. The third-order valence-electron chi connectivity index (χ3n) is 2.87. The fourth-order valence-electron chi connectivity index (χ4n) is 1.78. The summed E-state index contributed by atoms with van der Waals surface area (Å²) in [5, 5.41) is 5.82. The molecule has 1 unspecified atom stereocenters. The first kappa shape index (κ1) is 14.3. The number of carbonyl (C=O) groups excluding carboxylic acids is 1. The van der Waals surface area contributed by atoms with E-state index in [0.717, 1.165) is 0 Å². The third-order valence-corrected chi connectivity index (χ3v) is 2.87. The maximum Gasteiger partial charge on any atom is 0.242 e. The quantitative estimate of drug-likeness (QED) is 0.786. The van der Waals surface area contributed by atoms with Crippen LogP contribution in [0.25, 0.3) is 11.0 Å². The van der Waals surface area contributed by atoms with Crippen molar-refractivity contribution in [3.63, 3.8) is 0 Å². The van der Waals surface area contributed by atoms with Gasteiger partial charge in [0, 0.05) is 6.54 Å². The normalized spacial score (nSPS) is 12.7. The Balaban J connectivity index is 2.02. The topological polar surface area (TPSA) is 69.8 Å². The molecule has 1 aromatic heterocycles. The first-order valence-electron chi connectivity index (χ1n) is 6.65. The summed E-state index contributed by atoms with van der Waals surface area (Å²) in [7, 11) is 0. The van der Waals surface area contributed by atoms with Crippen molar-refractivity contribution in [2.75, 3.05) is 11.9 Å². The molecule has 0 bridgehead atoms. The molecule has 0 aliphatic rings. The zero-order valence-corrected chi connectivity index (χ0v) is 11.8. The van der Waals surface area contributed by atoms with Gasteiger partial charge in [0.05, 0.1) is 11.0 Å². The molecule has 2 rings (SSSR count). The number of carbonyl (C=O) groups is 1. The van der Waals surface area contributed by atoms with Crippen LogP contribution in [-0.4, -0.2) is 28.5 Å². The highest BCUT2D eigenvalue weighted by Gasteiger charge is 2.14. The van der Waals surface area contributed by atoms with E-state index < -0.39 is 6.04 Å². The van der Waals surface area contributed by atoms with E-state index in [1.165, 1.54) is 12.1 Å². The Hall–Kier alpha value is -2.11. The van der Waals surface area contributed by atoms with E-state index in [-0.39, 0.29) is 11.7 Å². The summed E-state index contributed by atoms with van der Waals surface area (Å²) in [5.74, 6) is 0.443. The Morgan fingerprint density at radius 3 is 2.85 bits per heavy atom. The number of anilines is 1. The standard InChI is InChI=1S/C14H19FN4O/c1-8(2)7-16-13(20)9(3)17-14-18-11-5-4-10(15)6-12(11)19-14/h4-6,8-9H,7H2,1-3H3,(H,16,20)(H2,17,18,19). The lowest BCUT2D eigenvalue weighted by Crippen LogP contribution is -2.39. The number of hydrogen-bond acceptors (Lipinski definition) is 3. The number of nitrogens with one attached hydrogen (secondary N) is 3. The molecule has 108 valence electrons. The molecule has 0 saturated heterocycles. The van der Waals surface area contributed by atoms with Crippen LogP contribution in [0.15, 0.2) is 18.2 Å². The smallest absolute Gasteiger partial charge is 0.242 e. The van der Waals surface area contributed by atoms with Crippen LogP contribution in [0.3, 0.4) is 0 Å². The Labute approximate surface area is 117 Å². The van der Waals surface area contributed by atoms with Crippen LogP contribution in [0.5, 0.6) is 0 Å². The van der Waals surface area contributed by atoms with Crippen LogP contribution in [0, 0.1) is 11.7 Å². The van der Waals surface area contributed by atoms with E-state index in [2.05, 4.69) is 20.6 Å². The van der Waals surface area contributed by atoms with Crippen LogP contribution in [0.2, 0.25) is 0 Å². The van der Waals surface area contributed by atoms with Gasteiger partial charge >= 0.3 is 0 Å². The monoisotopic (exact) mass is 278 g/mol. The summed E-state index contributed by atoms with van der Waals surface area (Å²) in [4.78, 5) is 19.0. The lowest BCUT2D eigenvalue weighted by atomic mass is 10.2. The minimum absolute atomic E-state index is 0.0923. The Morgan fingerprint density at radius 1 is 1.40 bits per heavy atom. The van der Waals surface area contributed by atoms with Crippen LogP contribution >= 0.6 is 0 Å². The predicted octanol–water partition coefficient (Wildman–Crippen LogP) is 2.27. The van der Waals surface area contributed by atoms with Gasteiger partial charge in [-0.3, -0.25) is 4.79 Å². The van der Waals surface area contributed by atoms with Crippen LogP contribution < -0.4 is 10.6 Å². The molecule has 0 saturated carbocycles. The summed E-state index contributed by atoms with van der Waals surface area (Å²) in [6.45, 7) is 6.46. The zero-order chi connectivity index (χ0) is 14.7. The first-order valence-corrected chi connectivity index (χ1v) is 6.65. The van der Waals surface area contributed by atoms with Gasteiger partial charge < -0.3 is 15.6 Å². The molecule has 0 aliphatic heterocycles. The van der Waals surface area contributed by atoms with Crippen LogP contribution in [0.4, 0.5) is 10.3 Å². The average Bonchev–Trinajstić information content (AvgIpc) is 2.76. The van der Waals surface area contributed by atoms with Gasteiger partial charge in [-0.15, -0.1) is 0 Å². The number of aromatic amines is 1. The molecule has 5 nitrogen and oxygen atoms in total. The Kier molecular flexibility index (Phi) is 4.22. The molecule has 1 aromatic carbocycles. The molecule has 1 atom stereocenters. The van der Waals surface area contributed by atoms with Crippen molar-refractivity contribution in [1.82, 2.24) is 15.3 Å². The van der Waals surface area contributed by atoms with E-state index in [4.69, 9.17) is 0 Å². The number of nitrogens with zero attached hydrogens (tertiary/aromatic N) is 1. The van der Waals surface area contributed by atoms with E-state index in [0.29, 0.717) is 29.4 Å². The second-order valence-corrected chi connectivity index (χ2v) is 5.25. The van der Waals surface area contributed by atoms with Gasteiger partial charge in [-0.1, -0.05) is 13.8 Å². The van der Waals surface area contributed by atoms with Gasteiger partial charge in [-0.25, -0.2) is 9.37 Å². The second kappa shape index (κ2) is 5.90. The van der Waals surface area contributed by atoms with Gasteiger partial charge in [0.2, 0.25) is 11.9 Å². The number of hydrogen-bond donors (Lipinski definition) is 3. The fraction of sp³-hybridized carbons (Fsp3) is 0.429. The minimum Gasteiger partial charge on any atom is -0.354 e. The maximum atomic E-state index is 13.1. The highest BCUT2D eigenvalue weighted by atomic mass is 19.1. The van der Waals surface area contributed by atoms with Crippen LogP contribution in [-0.2, 0) is 4.79 Å². The van der Waals surface area contributed by atoms with Gasteiger partial charge in [0.15, 0.2) is 0 Å². The Morgan fingerprint density at radius 2 is 2.15 bits per heavy atom. The van der Waals surface area contributed by atoms with Crippen molar-refractivity contribution >= 4 is 22.9 Å². The van der Waals surface area contributed by atoms with E-state index in [1.54, 1.807) is 13.0 Å². The maximum absolute atomic E-state index is 13.1. The molecule has 2 aromatic rings. The number of halogens is 1. The fourth-order valence-corrected chi connectivity index (χ4v) is 1.78. The van der Waals surface area contributed by atoms with Gasteiger partial charge in [0.25, 0.3) is 0 Å². The summed E-state index contributed by atoms with van der Waals surface area (Å²) in [5.41, 5.74) is 1.26. The minimum atomic E-state index is -0.417. The summed E-state index contributed by atoms with van der Waals surface area (Å²) in [6, 6.07) is 3.90. The number of aromatic nitrogens is 2. The SMILES string of the molecule is CC(C)CNC(=O)C(C)Nc1nc2ccc(F)cc2[nH]1. The number of benzene rings is 1. The van der Waals surface area contributed by atoms with Crippen molar-refractivity contribution in [3.05, 3.63) is 24.0 Å². The predicted molar refractivity (Wildman–Crippen MR) is 77.0 cm³/mol. The van der Waals surface area contributed by atoms with Crippen molar-refractivity contribution < 1.29 is 9.18 Å². The third kappa shape index (κ3) is 3.46. The summed E-state index contributed by atoms with van der Waals surface area (Å²) >= 11 is 0. The Bertz CT molecular complexity index is 608. The zero-order valence-electron chi connectivity index (χ0n) is 11.8. The van der Waals surface area contributed by atoms with Crippen molar-refractivity contribution in [1.29, 1.82) is 0 Å². The highest BCUT2D eigenvalue weighted by Crippen LogP contribution is 2.15.